The first-order valence-corrected chi connectivity index (χ1v) is 9.36. The maximum absolute atomic E-state index is 9.65. The molecule has 2 N–H and O–H groups in total. The second kappa shape index (κ2) is 7.72. The fourth-order valence-electron chi connectivity index (χ4n) is 2.94. The molecule has 4 aromatic rings. The minimum absolute atomic E-state index is 0.185. The standard InChI is InChI=1S/C24H21NO4/c1-15(2)16-3-8-19(9-4-16)28-20-10-5-17(6-11-20)23-14-25-24(29-23)18-7-12-21(26)22(27)13-18/h3-15,26-27H,1-2H3. The lowest BCUT2D eigenvalue weighted by Gasteiger charge is -2.09. The zero-order chi connectivity index (χ0) is 20.4. The molecule has 0 radical (unpaired) electrons. The van der Waals surface area contributed by atoms with Crippen LogP contribution in [0, 0.1) is 0 Å². The molecule has 0 aliphatic carbocycles. The van der Waals surface area contributed by atoms with Gasteiger partial charge in [-0.05, 0) is 66.1 Å². The van der Waals surface area contributed by atoms with Crippen LogP contribution >= 0.6 is 0 Å². The predicted molar refractivity (Wildman–Crippen MR) is 111 cm³/mol. The van der Waals surface area contributed by atoms with Crippen LogP contribution < -0.4 is 4.74 Å². The highest BCUT2D eigenvalue weighted by Gasteiger charge is 2.11. The molecule has 4 rings (SSSR count). The van der Waals surface area contributed by atoms with Crippen molar-refractivity contribution in [3.63, 3.8) is 0 Å². The van der Waals surface area contributed by atoms with E-state index in [0.717, 1.165) is 17.1 Å². The Labute approximate surface area is 168 Å². The predicted octanol–water partition coefficient (Wildman–Crippen LogP) is 6.34. The smallest absolute Gasteiger partial charge is 0.226 e. The highest BCUT2D eigenvalue weighted by Crippen LogP contribution is 2.33. The number of ether oxygens (including phenoxy) is 1. The highest BCUT2D eigenvalue weighted by molar-refractivity contribution is 5.63. The Morgan fingerprint density at radius 3 is 2.03 bits per heavy atom. The van der Waals surface area contributed by atoms with E-state index in [4.69, 9.17) is 9.15 Å². The first kappa shape index (κ1) is 18.6. The third-order valence-electron chi connectivity index (χ3n) is 4.65. The number of aromatic nitrogens is 1. The molecule has 0 saturated carbocycles. The molecule has 0 bridgehead atoms. The van der Waals surface area contributed by atoms with E-state index in [1.807, 2.05) is 36.4 Å². The minimum Gasteiger partial charge on any atom is -0.504 e. The van der Waals surface area contributed by atoms with Crippen molar-refractivity contribution < 1.29 is 19.4 Å². The number of rotatable bonds is 5. The summed E-state index contributed by atoms with van der Waals surface area (Å²) in [5, 5.41) is 19.1. The van der Waals surface area contributed by atoms with E-state index >= 15 is 0 Å². The van der Waals surface area contributed by atoms with Gasteiger partial charge < -0.3 is 19.4 Å². The van der Waals surface area contributed by atoms with E-state index in [2.05, 4.69) is 31.0 Å². The molecule has 0 amide bonds. The van der Waals surface area contributed by atoms with Gasteiger partial charge in [-0.25, -0.2) is 4.98 Å². The van der Waals surface area contributed by atoms with E-state index in [1.165, 1.54) is 17.7 Å². The molecule has 3 aromatic carbocycles. The van der Waals surface area contributed by atoms with Gasteiger partial charge in [0.1, 0.15) is 11.5 Å². The first-order chi connectivity index (χ1) is 14.0. The summed E-state index contributed by atoms with van der Waals surface area (Å²) in [7, 11) is 0. The number of phenolic OH excluding ortho intramolecular Hbond substituents is 2. The Kier molecular flexibility index (Phi) is 4.96. The lowest BCUT2D eigenvalue weighted by Crippen LogP contribution is -1.88. The zero-order valence-corrected chi connectivity index (χ0v) is 16.2. The fraction of sp³-hybridized carbons (Fsp3) is 0.125. The lowest BCUT2D eigenvalue weighted by atomic mass is 10.0. The van der Waals surface area contributed by atoms with Crippen LogP contribution in [0.5, 0.6) is 23.0 Å². The third-order valence-corrected chi connectivity index (χ3v) is 4.65. The zero-order valence-electron chi connectivity index (χ0n) is 16.2. The molecule has 0 aliphatic rings. The SMILES string of the molecule is CC(C)c1ccc(Oc2ccc(-c3cnc(-c4ccc(O)c(O)c4)o3)cc2)cc1. The topological polar surface area (TPSA) is 75.7 Å². The Morgan fingerprint density at radius 2 is 1.41 bits per heavy atom. The van der Waals surface area contributed by atoms with Crippen LogP contribution in [0.15, 0.2) is 77.3 Å². The molecule has 0 aliphatic heterocycles. The number of hydrogen-bond donors (Lipinski definition) is 2. The van der Waals surface area contributed by atoms with Gasteiger partial charge in [0.05, 0.1) is 6.20 Å². The first-order valence-electron chi connectivity index (χ1n) is 9.36. The largest absolute Gasteiger partial charge is 0.504 e. The molecule has 1 heterocycles. The average Bonchev–Trinajstić information content (AvgIpc) is 3.21. The third kappa shape index (κ3) is 4.09. The molecular formula is C24H21NO4. The molecule has 5 heteroatoms. The van der Waals surface area contributed by atoms with E-state index in [1.54, 1.807) is 12.3 Å². The Morgan fingerprint density at radius 1 is 0.793 bits per heavy atom. The summed E-state index contributed by atoms with van der Waals surface area (Å²) in [5.74, 6) is 2.56. The minimum atomic E-state index is -0.217. The van der Waals surface area contributed by atoms with Gasteiger partial charge in [-0.15, -0.1) is 0 Å². The summed E-state index contributed by atoms with van der Waals surface area (Å²) in [6, 6.07) is 20.1. The van der Waals surface area contributed by atoms with Gasteiger partial charge in [0, 0.05) is 11.1 Å². The van der Waals surface area contributed by atoms with Crippen molar-refractivity contribution in [3.8, 4) is 45.8 Å². The summed E-state index contributed by atoms with van der Waals surface area (Å²) < 4.78 is 11.7. The van der Waals surface area contributed by atoms with Gasteiger partial charge in [-0.3, -0.25) is 0 Å². The molecule has 0 unspecified atom stereocenters. The van der Waals surface area contributed by atoms with Crippen molar-refractivity contribution in [1.29, 1.82) is 0 Å². The number of benzene rings is 3. The molecular weight excluding hydrogens is 366 g/mol. The van der Waals surface area contributed by atoms with Crippen LogP contribution in [0.2, 0.25) is 0 Å². The number of phenols is 2. The van der Waals surface area contributed by atoms with Gasteiger partial charge in [0.15, 0.2) is 17.3 Å². The summed E-state index contributed by atoms with van der Waals surface area (Å²) in [6.45, 7) is 4.32. The highest BCUT2D eigenvalue weighted by atomic mass is 16.5. The van der Waals surface area contributed by atoms with Gasteiger partial charge in [-0.1, -0.05) is 26.0 Å². The van der Waals surface area contributed by atoms with Gasteiger partial charge in [0.2, 0.25) is 5.89 Å². The Hall–Kier alpha value is -3.73. The van der Waals surface area contributed by atoms with Crippen LogP contribution in [0.3, 0.4) is 0 Å². The average molecular weight is 387 g/mol. The summed E-state index contributed by atoms with van der Waals surface area (Å²) >= 11 is 0. The molecule has 0 fully saturated rings. The maximum atomic E-state index is 9.65. The van der Waals surface area contributed by atoms with Crippen LogP contribution in [0.25, 0.3) is 22.8 Å². The molecule has 1 aromatic heterocycles. The van der Waals surface area contributed by atoms with Gasteiger partial charge in [0.25, 0.3) is 0 Å². The van der Waals surface area contributed by atoms with Crippen molar-refractivity contribution in [2.75, 3.05) is 0 Å². The molecule has 5 nitrogen and oxygen atoms in total. The van der Waals surface area contributed by atoms with Crippen molar-refractivity contribution in [1.82, 2.24) is 4.98 Å². The summed E-state index contributed by atoms with van der Waals surface area (Å²) in [4.78, 5) is 4.26. The van der Waals surface area contributed by atoms with Gasteiger partial charge in [-0.2, -0.15) is 0 Å². The van der Waals surface area contributed by atoms with Crippen molar-refractivity contribution in [3.05, 3.63) is 78.5 Å². The van der Waals surface area contributed by atoms with Crippen molar-refractivity contribution in [2.45, 2.75) is 19.8 Å². The van der Waals surface area contributed by atoms with E-state index in [-0.39, 0.29) is 11.5 Å². The quantitative estimate of drug-likeness (QED) is 0.391. The number of aromatic hydroxyl groups is 2. The Bertz CT molecular complexity index is 1110. The summed E-state index contributed by atoms with van der Waals surface area (Å²) in [6.07, 6.45) is 1.62. The van der Waals surface area contributed by atoms with Crippen LogP contribution in [0.1, 0.15) is 25.3 Å². The summed E-state index contributed by atoms with van der Waals surface area (Å²) in [5.41, 5.74) is 2.71. The molecule has 29 heavy (non-hydrogen) atoms. The number of nitrogens with zero attached hydrogens (tertiary/aromatic N) is 1. The van der Waals surface area contributed by atoms with Crippen molar-refractivity contribution >= 4 is 0 Å². The number of oxazole rings is 1. The van der Waals surface area contributed by atoms with Crippen molar-refractivity contribution in [2.24, 2.45) is 0 Å². The monoisotopic (exact) mass is 387 g/mol. The second-order valence-corrected chi connectivity index (χ2v) is 7.08. The van der Waals surface area contributed by atoms with E-state index < -0.39 is 0 Å². The second-order valence-electron chi connectivity index (χ2n) is 7.08. The van der Waals surface area contributed by atoms with Crippen LogP contribution in [0.4, 0.5) is 0 Å². The maximum Gasteiger partial charge on any atom is 0.226 e. The molecule has 146 valence electrons. The number of hydrogen-bond acceptors (Lipinski definition) is 5. The Balaban J connectivity index is 1.49. The van der Waals surface area contributed by atoms with Crippen LogP contribution in [-0.2, 0) is 0 Å². The van der Waals surface area contributed by atoms with E-state index in [9.17, 15) is 10.2 Å². The normalized spacial score (nSPS) is 11.0. The van der Waals surface area contributed by atoms with Crippen LogP contribution in [-0.4, -0.2) is 15.2 Å². The fourth-order valence-corrected chi connectivity index (χ4v) is 2.94. The molecule has 0 spiro atoms. The molecule has 0 saturated heterocycles. The van der Waals surface area contributed by atoms with E-state index in [0.29, 0.717) is 23.1 Å². The lowest BCUT2D eigenvalue weighted by molar-refractivity contribution is 0.404. The van der Waals surface area contributed by atoms with Gasteiger partial charge >= 0.3 is 0 Å². The molecule has 0 atom stereocenters.